The van der Waals surface area contributed by atoms with Gasteiger partial charge in [0.05, 0.1) is 38.6 Å². The minimum atomic E-state index is -0.673. The number of methoxy groups -OCH3 is 3. The molecule has 0 aliphatic carbocycles. The molecule has 7 nitrogen and oxygen atoms in total. The van der Waals surface area contributed by atoms with Crippen molar-refractivity contribution in [3.8, 4) is 5.75 Å². The van der Waals surface area contributed by atoms with Crippen molar-refractivity contribution in [3.05, 3.63) is 35.6 Å². The number of ether oxygens (including phenoxy) is 3. The summed E-state index contributed by atoms with van der Waals surface area (Å²) in [6.45, 7) is 3.83. The third-order valence-electron chi connectivity index (χ3n) is 7.25. The van der Waals surface area contributed by atoms with Crippen molar-refractivity contribution in [2.75, 3.05) is 39.7 Å². The van der Waals surface area contributed by atoms with Crippen LogP contribution in [0.5, 0.6) is 5.75 Å². The average molecular weight is 415 g/mol. The van der Waals surface area contributed by atoms with Gasteiger partial charge in [-0.2, -0.15) is 0 Å². The molecule has 1 aromatic rings. The predicted molar refractivity (Wildman–Crippen MR) is 112 cm³/mol. The van der Waals surface area contributed by atoms with Gasteiger partial charge in [-0.1, -0.05) is 19.4 Å². The molecule has 3 aliphatic heterocycles. The topological polar surface area (TPSA) is 77.1 Å². The van der Waals surface area contributed by atoms with Gasteiger partial charge in [0, 0.05) is 23.8 Å². The summed E-state index contributed by atoms with van der Waals surface area (Å²) in [6.07, 6.45) is 3.88. The van der Waals surface area contributed by atoms with Crippen LogP contribution in [0.25, 0.3) is 0 Å². The first-order valence-electron chi connectivity index (χ1n) is 10.6. The van der Waals surface area contributed by atoms with Gasteiger partial charge in [0.15, 0.2) is 0 Å². The van der Waals surface area contributed by atoms with Crippen molar-refractivity contribution in [3.63, 3.8) is 0 Å². The number of rotatable bonds is 5. The molecule has 2 saturated heterocycles. The van der Waals surface area contributed by atoms with Crippen molar-refractivity contribution in [1.82, 2.24) is 4.90 Å². The number of amides is 1. The lowest BCUT2D eigenvalue weighted by Crippen LogP contribution is -2.53. The predicted octanol–water partition coefficient (Wildman–Crippen LogP) is 2.71. The Labute approximate surface area is 177 Å². The van der Waals surface area contributed by atoms with E-state index in [1.54, 1.807) is 14.2 Å². The summed E-state index contributed by atoms with van der Waals surface area (Å²) in [4.78, 5) is 28.4. The number of esters is 1. The maximum atomic E-state index is 13.4. The lowest BCUT2D eigenvalue weighted by Gasteiger charge is -2.45. The summed E-state index contributed by atoms with van der Waals surface area (Å²) in [7, 11) is 4.58. The minimum Gasteiger partial charge on any atom is -0.504 e. The summed E-state index contributed by atoms with van der Waals surface area (Å²) in [5.41, 5.74) is 1.66. The molecule has 162 valence electrons. The molecule has 1 amide bonds. The number of nitrogens with zero attached hydrogens (tertiary/aromatic N) is 1. The minimum absolute atomic E-state index is 0.0206. The van der Waals surface area contributed by atoms with Crippen LogP contribution in [0.2, 0.25) is 0 Å². The number of benzene rings is 1. The fourth-order valence-electron chi connectivity index (χ4n) is 5.88. The highest BCUT2D eigenvalue weighted by atomic mass is 16.5. The van der Waals surface area contributed by atoms with Gasteiger partial charge in [-0.15, -0.1) is 0 Å². The zero-order valence-corrected chi connectivity index (χ0v) is 18.1. The van der Waals surface area contributed by atoms with Crippen LogP contribution in [0.15, 0.2) is 30.0 Å². The van der Waals surface area contributed by atoms with Crippen LogP contribution in [0.4, 0.5) is 5.69 Å². The summed E-state index contributed by atoms with van der Waals surface area (Å²) in [6, 6.07) is 5.74. The molecule has 2 fully saturated rings. The normalized spacial score (nSPS) is 30.6. The Morgan fingerprint density at radius 3 is 2.80 bits per heavy atom. The van der Waals surface area contributed by atoms with E-state index in [-0.39, 0.29) is 23.8 Å². The fourth-order valence-corrected chi connectivity index (χ4v) is 5.88. The molecule has 3 heterocycles. The molecule has 1 spiro atoms. The second-order valence-electron chi connectivity index (χ2n) is 8.38. The molecule has 0 bridgehead atoms. The first-order valence-corrected chi connectivity index (χ1v) is 10.6. The highest BCUT2D eigenvalue weighted by Gasteiger charge is 2.61. The third kappa shape index (κ3) is 2.90. The van der Waals surface area contributed by atoms with Crippen molar-refractivity contribution in [1.29, 1.82) is 0 Å². The molecule has 7 heteroatoms. The Morgan fingerprint density at radius 2 is 2.13 bits per heavy atom. The van der Waals surface area contributed by atoms with E-state index in [0.717, 1.165) is 42.9 Å². The van der Waals surface area contributed by atoms with Crippen LogP contribution in [0, 0.1) is 11.8 Å². The van der Waals surface area contributed by atoms with Crippen LogP contribution < -0.4 is 10.1 Å². The molecule has 1 aromatic carbocycles. The Morgan fingerprint density at radius 1 is 1.33 bits per heavy atom. The highest BCUT2D eigenvalue weighted by Crippen LogP contribution is 2.55. The summed E-state index contributed by atoms with van der Waals surface area (Å²) in [5.74, 6) is 0.652. The summed E-state index contributed by atoms with van der Waals surface area (Å²) < 4.78 is 16.0. The quantitative estimate of drug-likeness (QED) is 0.454. The number of carbonyl (C=O) groups is 2. The fraction of sp³-hybridized carbons (Fsp3) is 0.565. The van der Waals surface area contributed by atoms with E-state index in [1.165, 1.54) is 13.4 Å². The zero-order chi connectivity index (χ0) is 21.5. The van der Waals surface area contributed by atoms with E-state index in [0.29, 0.717) is 17.9 Å². The van der Waals surface area contributed by atoms with Crippen LogP contribution in [-0.2, 0) is 24.5 Å². The first kappa shape index (κ1) is 20.7. The SMILES string of the molecule is CC[C@H]1CN2CC[C@]3(C(=O)Nc4cccc(OC)c43)[C@@H]2C[C@@H]1/C(=C/OC)C(=O)OC. The molecule has 3 aliphatic rings. The first-order chi connectivity index (χ1) is 14.5. The van der Waals surface area contributed by atoms with E-state index in [1.807, 2.05) is 18.2 Å². The van der Waals surface area contributed by atoms with Crippen LogP contribution in [-0.4, -0.2) is 57.2 Å². The van der Waals surface area contributed by atoms with Crippen molar-refractivity contribution in [2.45, 2.75) is 37.6 Å². The molecular weight excluding hydrogens is 384 g/mol. The molecular formula is C23H30N2O5. The lowest BCUT2D eigenvalue weighted by atomic mass is 9.67. The second-order valence-corrected chi connectivity index (χ2v) is 8.38. The van der Waals surface area contributed by atoms with Crippen molar-refractivity contribution < 1.29 is 23.8 Å². The molecule has 30 heavy (non-hydrogen) atoms. The van der Waals surface area contributed by atoms with Crippen molar-refractivity contribution in [2.24, 2.45) is 11.8 Å². The monoisotopic (exact) mass is 414 g/mol. The number of anilines is 1. The summed E-state index contributed by atoms with van der Waals surface area (Å²) in [5, 5.41) is 3.09. The van der Waals surface area contributed by atoms with Crippen LogP contribution in [0.3, 0.4) is 0 Å². The van der Waals surface area contributed by atoms with E-state index in [9.17, 15) is 9.59 Å². The van der Waals surface area contributed by atoms with Gasteiger partial charge in [0.25, 0.3) is 0 Å². The molecule has 4 rings (SSSR count). The molecule has 4 atom stereocenters. The molecule has 0 unspecified atom stereocenters. The van der Waals surface area contributed by atoms with Gasteiger partial charge in [0.2, 0.25) is 5.91 Å². The number of fused-ring (bicyclic) bond motifs is 4. The van der Waals surface area contributed by atoms with Gasteiger partial charge in [-0.3, -0.25) is 9.69 Å². The van der Waals surface area contributed by atoms with Crippen molar-refractivity contribution >= 4 is 17.6 Å². The second kappa shape index (κ2) is 7.95. The zero-order valence-electron chi connectivity index (χ0n) is 18.1. The third-order valence-corrected chi connectivity index (χ3v) is 7.25. The number of carbonyl (C=O) groups excluding carboxylic acids is 2. The highest BCUT2D eigenvalue weighted by molar-refractivity contribution is 6.08. The Balaban J connectivity index is 1.78. The number of piperidine rings is 1. The van der Waals surface area contributed by atoms with Gasteiger partial charge in [0.1, 0.15) is 5.75 Å². The number of hydrogen-bond donors (Lipinski definition) is 1. The maximum absolute atomic E-state index is 13.4. The largest absolute Gasteiger partial charge is 0.504 e. The maximum Gasteiger partial charge on any atom is 0.337 e. The van der Waals surface area contributed by atoms with E-state index in [2.05, 4.69) is 17.1 Å². The number of nitrogens with one attached hydrogen (secondary N) is 1. The van der Waals surface area contributed by atoms with Crippen LogP contribution >= 0.6 is 0 Å². The molecule has 0 saturated carbocycles. The molecule has 0 aromatic heterocycles. The molecule has 1 N–H and O–H groups in total. The summed E-state index contributed by atoms with van der Waals surface area (Å²) >= 11 is 0. The Bertz CT molecular complexity index is 882. The van der Waals surface area contributed by atoms with Gasteiger partial charge >= 0.3 is 5.97 Å². The van der Waals surface area contributed by atoms with E-state index in [4.69, 9.17) is 14.2 Å². The lowest BCUT2D eigenvalue weighted by molar-refractivity contribution is -0.137. The van der Waals surface area contributed by atoms with E-state index < -0.39 is 5.41 Å². The average Bonchev–Trinajstić information content (AvgIpc) is 3.28. The smallest absolute Gasteiger partial charge is 0.337 e. The van der Waals surface area contributed by atoms with Gasteiger partial charge in [-0.25, -0.2) is 4.79 Å². The van der Waals surface area contributed by atoms with E-state index >= 15 is 0 Å². The Kier molecular flexibility index (Phi) is 5.49. The van der Waals surface area contributed by atoms with Crippen LogP contribution in [0.1, 0.15) is 31.7 Å². The Hall–Kier alpha value is -2.54. The standard InChI is InChI=1S/C23H30N2O5/c1-5-14-12-25-10-9-23(19(25)11-15(14)16(13-28-2)21(26)30-4)20-17(24-22(23)27)7-6-8-18(20)29-3/h6-8,13-15,19H,5,9-12H2,1-4H3,(H,24,27)/b16-13-/t14-,15-,19-,23-/m0/s1. The van der Waals surface area contributed by atoms with Gasteiger partial charge < -0.3 is 19.5 Å². The molecule has 0 radical (unpaired) electrons. The van der Waals surface area contributed by atoms with Gasteiger partial charge in [-0.05, 0) is 43.4 Å². The number of hydrogen-bond acceptors (Lipinski definition) is 6.